The Hall–Kier alpha value is 0.110. The van der Waals surface area contributed by atoms with E-state index in [4.69, 9.17) is 0 Å². The highest BCUT2D eigenvalue weighted by Crippen LogP contribution is 2.11. The maximum Gasteiger partial charge on any atom is 0.132 e. The third-order valence-electron chi connectivity index (χ3n) is 0.918. The van der Waals surface area contributed by atoms with Gasteiger partial charge in [0.2, 0.25) is 0 Å². The molecule has 0 saturated heterocycles. The van der Waals surface area contributed by atoms with Crippen molar-refractivity contribution in [2.24, 2.45) is 0 Å². The van der Waals surface area contributed by atoms with Crippen molar-refractivity contribution >= 4 is 21.7 Å². The normalized spacial score (nSPS) is 16.9. The standard InChI is InChI=1S/C6H11BrO2/c1-5(8)3-6(2,9)4-7/h9H,3-4H2,1-2H3. The lowest BCUT2D eigenvalue weighted by atomic mass is 10.0. The first kappa shape index (κ1) is 9.11. The molecule has 0 aromatic heterocycles. The Labute approximate surface area is 63.4 Å². The first-order chi connectivity index (χ1) is 3.98. The summed E-state index contributed by atoms with van der Waals surface area (Å²) in [5.74, 6) is 0.0134. The van der Waals surface area contributed by atoms with E-state index >= 15 is 0 Å². The fraction of sp³-hybridized carbons (Fsp3) is 0.833. The van der Waals surface area contributed by atoms with Crippen molar-refractivity contribution in [3.05, 3.63) is 0 Å². The van der Waals surface area contributed by atoms with Gasteiger partial charge in [0.05, 0.1) is 5.60 Å². The van der Waals surface area contributed by atoms with E-state index in [9.17, 15) is 9.90 Å². The predicted octanol–water partition coefficient (Wildman–Crippen LogP) is 1.11. The van der Waals surface area contributed by atoms with E-state index in [-0.39, 0.29) is 12.2 Å². The molecule has 0 amide bonds. The topological polar surface area (TPSA) is 37.3 Å². The molecule has 54 valence electrons. The number of aliphatic hydroxyl groups is 1. The van der Waals surface area contributed by atoms with Crippen LogP contribution in [0.25, 0.3) is 0 Å². The summed E-state index contributed by atoms with van der Waals surface area (Å²) in [6, 6.07) is 0. The highest BCUT2D eigenvalue weighted by Gasteiger charge is 2.19. The van der Waals surface area contributed by atoms with Gasteiger partial charge in [0.1, 0.15) is 5.78 Å². The van der Waals surface area contributed by atoms with Crippen LogP contribution in [-0.2, 0) is 4.79 Å². The summed E-state index contributed by atoms with van der Waals surface area (Å²) in [6.45, 7) is 3.10. The molecule has 2 nitrogen and oxygen atoms in total. The molecule has 0 saturated carbocycles. The number of alkyl halides is 1. The van der Waals surface area contributed by atoms with Gasteiger partial charge in [-0.15, -0.1) is 0 Å². The maximum absolute atomic E-state index is 10.4. The lowest BCUT2D eigenvalue weighted by Gasteiger charge is -2.17. The average Bonchev–Trinajstić information content (AvgIpc) is 1.63. The summed E-state index contributed by atoms with van der Waals surface area (Å²) in [7, 11) is 0. The van der Waals surface area contributed by atoms with Crippen molar-refractivity contribution in [1.29, 1.82) is 0 Å². The van der Waals surface area contributed by atoms with Crippen molar-refractivity contribution < 1.29 is 9.90 Å². The van der Waals surface area contributed by atoms with Crippen LogP contribution >= 0.6 is 15.9 Å². The van der Waals surface area contributed by atoms with Crippen molar-refractivity contribution in [2.75, 3.05) is 5.33 Å². The van der Waals surface area contributed by atoms with Gasteiger partial charge in [-0.1, -0.05) is 15.9 Å². The molecule has 0 radical (unpaired) electrons. The van der Waals surface area contributed by atoms with Gasteiger partial charge in [-0.05, 0) is 13.8 Å². The number of hydrogen-bond acceptors (Lipinski definition) is 2. The van der Waals surface area contributed by atoms with E-state index in [1.54, 1.807) is 6.92 Å². The molecule has 0 aromatic rings. The van der Waals surface area contributed by atoms with Crippen LogP contribution in [0.15, 0.2) is 0 Å². The third-order valence-corrected chi connectivity index (χ3v) is 2.13. The molecule has 1 atom stereocenters. The fourth-order valence-corrected chi connectivity index (χ4v) is 0.782. The van der Waals surface area contributed by atoms with Crippen molar-refractivity contribution in [2.45, 2.75) is 25.9 Å². The summed E-state index contributed by atoms with van der Waals surface area (Å²) < 4.78 is 0. The summed E-state index contributed by atoms with van der Waals surface area (Å²) in [6.07, 6.45) is 0.220. The Kier molecular flexibility index (Phi) is 3.36. The first-order valence-electron chi connectivity index (χ1n) is 2.76. The number of hydrogen-bond donors (Lipinski definition) is 1. The van der Waals surface area contributed by atoms with Crippen LogP contribution in [0.3, 0.4) is 0 Å². The Bertz CT molecular complexity index is 110. The van der Waals surface area contributed by atoms with Crippen LogP contribution in [0.5, 0.6) is 0 Å². The number of halogens is 1. The summed E-state index contributed by atoms with van der Waals surface area (Å²) >= 11 is 3.10. The van der Waals surface area contributed by atoms with Gasteiger partial charge in [0, 0.05) is 11.8 Å². The molecule has 0 aliphatic rings. The molecule has 0 aromatic carbocycles. The Balaban J connectivity index is 3.71. The number of Topliss-reactive ketones (excluding diaryl/α,β-unsaturated/α-hetero) is 1. The fourth-order valence-electron chi connectivity index (χ4n) is 0.584. The Morgan fingerprint density at radius 3 is 2.33 bits per heavy atom. The average molecular weight is 195 g/mol. The molecule has 3 heteroatoms. The number of ketones is 1. The van der Waals surface area contributed by atoms with Gasteiger partial charge < -0.3 is 5.11 Å². The molecule has 0 spiro atoms. The minimum atomic E-state index is -0.869. The second-order valence-electron chi connectivity index (χ2n) is 2.51. The molecule has 0 aliphatic carbocycles. The number of carbonyl (C=O) groups is 1. The second-order valence-corrected chi connectivity index (χ2v) is 3.07. The van der Waals surface area contributed by atoms with Crippen molar-refractivity contribution in [1.82, 2.24) is 0 Å². The van der Waals surface area contributed by atoms with E-state index < -0.39 is 5.60 Å². The van der Waals surface area contributed by atoms with E-state index in [0.29, 0.717) is 5.33 Å². The minimum absolute atomic E-state index is 0.0134. The van der Waals surface area contributed by atoms with Gasteiger partial charge in [0.25, 0.3) is 0 Å². The quantitative estimate of drug-likeness (QED) is 0.685. The molecule has 0 bridgehead atoms. The second kappa shape index (κ2) is 3.32. The summed E-state index contributed by atoms with van der Waals surface area (Å²) in [5, 5.41) is 9.67. The van der Waals surface area contributed by atoms with Gasteiger partial charge in [-0.3, -0.25) is 4.79 Å². The van der Waals surface area contributed by atoms with Crippen molar-refractivity contribution in [3.8, 4) is 0 Å². The lowest BCUT2D eigenvalue weighted by Crippen LogP contribution is -2.28. The number of rotatable bonds is 3. The zero-order chi connectivity index (χ0) is 7.49. The zero-order valence-electron chi connectivity index (χ0n) is 5.65. The molecule has 0 rings (SSSR count). The summed E-state index contributed by atoms with van der Waals surface area (Å²) in [5.41, 5.74) is -0.869. The smallest absolute Gasteiger partial charge is 0.132 e. The zero-order valence-corrected chi connectivity index (χ0v) is 7.23. The van der Waals surface area contributed by atoms with Gasteiger partial charge in [-0.25, -0.2) is 0 Å². The molecule has 0 heterocycles. The van der Waals surface area contributed by atoms with Crippen molar-refractivity contribution in [3.63, 3.8) is 0 Å². The van der Waals surface area contributed by atoms with E-state index in [0.717, 1.165) is 0 Å². The number of carbonyl (C=O) groups excluding carboxylic acids is 1. The lowest BCUT2D eigenvalue weighted by molar-refractivity contribution is -0.120. The van der Waals surface area contributed by atoms with Crippen LogP contribution in [0, 0.1) is 0 Å². The van der Waals surface area contributed by atoms with Crippen LogP contribution in [0.2, 0.25) is 0 Å². The Morgan fingerprint density at radius 1 is 1.78 bits per heavy atom. The van der Waals surface area contributed by atoms with E-state index in [1.165, 1.54) is 6.92 Å². The molecular formula is C6H11BrO2. The van der Waals surface area contributed by atoms with Crippen LogP contribution in [0.4, 0.5) is 0 Å². The van der Waals surface area contributed by atoms with Crippen LogP contribution in [-0.4, -0.2) is 21.8 Å². The van der Waals surface area contributed by atoms with Gasteiger partial charge in [-0.2, -0.15) is 0 Å². The predicted molar refractivity (Wildman–Crippen MR) is 39.7 cm³/mol. The van der Waals surface area contributed by atoms with Gasteiger partial charge >= 0.3 is 0 Å². The van der Waals surface area contributed by atoms with Crippen LogP contribution in [0.1, 0.15) is 20.3 Å². The molecular weight excluding hydrogens is 184 g/mol. The Morgan fingerprint density at radius 2 is 2.22 bits per heavy atom. The largest absolute Gasteiger partial charge is 0.389 e. The third kappa shape index (κ3) is 4.60. The highest BCUT2D eigenvalue weighted by molar-refractivity contribution is 9.09. The monoisotopic (exact) mass is 194 g/mol. The first-order valence-corrected chi connectivity index (χ1v) is 3.88. The SMILES string of the molecule is CC(=O)CC(C)(O)CBr. The maximum atomic E-state index is 10.4. The molecule has 9 heavy (non-hydrogen) atoms. The minimum Gasteiger partial charge on any atom is -0.389 e. The molecule has 0 fully saturated rings. The van der Waals surface area contributed by atoms with Gasteiger partial charge in [0.15, 0.2) is 0 Å². The van der Waals surface area contributed by atoms with E-state index in [2.05, 4.69) is 15.9 Å². The summed E-state index contributed by atoms with van der Waals surface area (Å²) in [4.78, 5) is 10.4. The molecule has 1 N–H and O–H groups in total. The van der Waals surface area contributed by atoms with Crippen LogP contribution < -0.4 is 0 Å². The van der Waals surface area contributed by atoms with E-state index in [1.807, 2.05) is 0 Å². The highest BCUT2D eigenvalue weighted by atomic mass is 79.9. The molecule has 0 aliphatic heterocycles. The molecule has 1 unspecified atom stereocenters.